The topological polar surface area (TPSA) is 72.5 Å². The van der Waals surface area contributed by atoms with Crippen LogP contribution >= 0.6 is 0 Å². The van der Waals surface area contributed by atoms with E-state index in [1.807, 2.05) is 13.8 Å². The number of aldehydes is 1. The quantitative estimate of drug-likeness (QED) is 0.589. The van der Waals surface area contributed by atoms with Gasteiger partial charge in [0.2, 0.25) is 5.78 Å². The highest BCUT2D eigenvalue weighted by Crippen LogP contribution is 2.09. The molecule has 0 fully saturated rings. The predicted molar refractivity (Wildman–Crippen MR) is 63.7 cm³/mol. The smallest absolute Gasteiger partial charge is 0.408 e. The van der Waals surface area contributed by atoms with E-state index in [1.165, 1.54) is 0 Å². The van der Waals surface area contributed by atoms with Crippen LogP contribution in [0, 0.1) is 5.92 Å². The maximum absolute atomic E-state index is 11.5. The lowest BCUT2D eigenvalue weighted by Gasteiger charge is -2.22. The Morgan fingerprint density at radius 2 is 1.82 bits per heavy atom. The summed E-state index contributed by atoms with van der Waals surface area (Å²) in [6.45, 7) is 8.99. The van der Waals surface area contributed by atoms with Gasteiger partial charge in [0.15, 0.2) is 6.29 Å². The van der Waals surface area contributed by atoms with Gasteiger partial charge in [0.25, 0.3) is 0 Å². The van der Waals surface area contributed by atoms with Crippen molar-refractivity contribution in [2.45, 2.75) is 52.7 Å². The van der Waals surface area contributed by atoms with Gasteiger partial charge < -0.3 is 10.1 Å². The molecule has 5 nitrogen and oxygen atoms in total. The van der Waals surface area contributed by atoms with Gasteiger partial charge in [-0.2, -0.15) is 0 Å². The molecule has 0 aromatic rings. The molecule has 0 aromatic heterocycles. The molecule has 5 heteroatoms. The Hall–Kier alpha value is -1.39. The van der Waals surface area contributed by atoms with Gasteiger partial charge in [-0.1, -0.05) is 13.8 Å². The van der Waals surface area contributed by atoms with Gasteiger partial charge in [-0.3, -0.25) is 9.59 Å². The molecule has 0 aliphatic carbocycles. The summed E-state index contributed by atoms with van der Waals surface area (Å²) >= 11 is 0. The molecule has 1 atom stereocenters. The molecule has 0 aliphatic heterocycles. The second-order valence-corrected chi connectivity index (χ2v) is 5.35. The van der Waals surface area contributed by atoms with Crippen LogP contribution in [0.25, 0.3) is 0 Å². The number of rotatable bonds is 5. The molecule has 1 N–H and O–H groups in total. The molecule has 0 rings (SSSR count). The van der Waals surface area contributed by atoms with Crippen molar-refractivity contribution in [2.75, 3.05) is 0 Å². The highest BCUT2D eigenvalue weighted by Gasteiger charge is 2.24. The zero-order valence-corrected chi connectivity index (χ0v) is 11.1. The van der Waals surface area contributed by atoms with Crippen LogP contribution in [0.5, 0.6) is 0 Å². The molecule has 0 saturated carbocycles. The van der Waals surface area contributed by atoms with Crippen molar-refractivity contribution in [2.24, 2.45) is 5.92 Å². The molecule has 17 heavy (non-hydrogen) atoms. The molecule has 98 valence electrons. The zero-order valence-electron chi connectivity index (χ0n) is 11.1. The van der Waals surface area contributed by atoms with Gasteiger partial charge in [0.1, 0.15) is 5.60 Å². The second kappa shape index (κ2) is 6.37. The minimum atomic E-state index is -0.803. The van der Waals surface area contributed by atoms with Crippen LogP contribution in [-0.2, 0) is 14.3 Å². The number of amides is 1. The van der Waals surface area contributed by atoms with Crippen molar-refractivity contribution in [3.05, 3.63) is 0 Å². The van der Waals surface area contributed by atoms with Crippen molar-refractivity contribution < 1.29 is 19.1 Å². The maximum Gasteiger partial charge on any atom is 0.408 e. The number of carbonyl (C=O) groups excluding carboxylic acids is 3. The van der Waals surface area contributed by atoms with Crippen molar-refractivity contribution in [3.63, 3.8) is 0 Å². The first kappa shape index (κ1) is 15.6. The van der Waals surface area contributed by atoms with Gasteiger partial charge in [-0.15, -0.1) is 0 Å². The van der Waals surface area contributed by atoms with Crippen molar-refractivity contribution in [1.82, 2.24) is 5.32 Å². The number of ketones is 1. The fourth-order valence-electron chi connectivity index (χ4n) is 1.25. The molecule has 0 heterocycles. The lowest BCUT2D eigenvalue weighted by molar-refractivity contribution is -0.131. The monoisotopic (exact) mass is 243 g/mol. The van der Waals surface area contributed by atoms with Crippen LogP contribution in [0.1, 0.15) is 41.0 Å². The van der Waals surface area contributed by atoms with E-state index in [0.717, 1.165) is 0 Å². The minimum Gasteiger partial charge on any atom is -0.444 e. The molecule has 0 spiro atoms. The highest BCUT2D eigenvalue weighted by atomic mass is 16.6. The molecule has 0 aromatic carbocycles. The van der Waals surface area contributed by atoms with Gasteiger partial charge in [-0.05, 0) is 33.1 Å². The van der Waals surface area contributed by atoms with Crippen LogP contribution in [0.15, 0.2) is 0 Å². The first-order valence-electron chi connectivity index (χ1n) is 5.64. The normalized spacial score (nSPS) is 13.1. The zero-order chi connectivity index (χ0) is 13.6. The van der Waals surface area contributed by atoms with E-state index in [-0.39, 0.29) is 12.2 Å². The second-order valence-electron chi connectivity index (χ2n) is 5.35. The summed E-state index contributed by atoms with van der Waals surface area (Å²) in [6.07, 6.45) is -0.0420. The number of hydrogen-bond donors (Lipinski definition) is 1. The van der Waals surface area contributed by atoms with E-state index in [9.17, 15) is 14.4 Å². The Morgan fingerprint density at radius 1 is 1.29 bits per heavy atom. The summed E-state index contributed by atoms with van der Waals surface area (Å²) < 4.78 is 5.03. The SMILES string of the molecule is CC(C)C[C@@H](NC(=O)OC(C)(C)C)C(=O)C=O. The molecule has 0 radical (unpaired) electrons. The maximum atomic E-state index is 11.5. The van der Waals surface area contributed by atoms with Gasteiger partial charge in [0.05, 0.1) is 6.04 Å². The van der Waals surface area contributed by atoms with Crippen LogP contribution in [0.3, 0.4) is 0 Å². The van der Waals surface area contributed by atoms with Crippen molar-refractivity contribution in [1.29, 1.82) is 0 Å². The third-order valence-corrected chi connectivity index (χ3v) is 1.86. The largest absolute Gasteiger partial charge is 0.444 e. The summed E-state index contributed by atoms with van der Waals surface area (Å²) in [5.74, 6) is -0.441. The molecule has 0 unspecified atom stereocenters. The molecule has 0 aliphatic rings. The van der Waals surface area contributed by atoms with Crippen LogP contribution in [0.4, 0.5) is 4.79 Å². The van der Waals surface area contributed by atoms with E-state index >= 15 is 0 Å². The number of alkyl carbamates (subject to hydrolysis) is 1. The first-order chi connectivity index (χ1) is 7.65. The third-order valence-electron chi connectivity index (χ3n) is 1.86. The lowest BCUT2D eigenvalue weighted by Crippen LogP contribution is -2.44. The van der Waals surface area contributed by atoms with Gasteiger partial charge in [0, 0.05) is 0 Å². The van der Waals surface area contributed by atoms with Crippen molar-refractivity contribution >= 4 is 18.2 Å². The Balaban J connectivity index is 4.48. The number of carbonyl (C=O) groups is 3. The summed E-state index contributed by atoms with van der Waals surface area (Å²) in [7, 11) is 0. The number of hydrogen-bond acceptors (Lipinski definition) is 4. The van der Waals surface area contributed by atoms with Crippen LogP contribution in [0.2, 0.25) is 0 Å². The van der Waals surface area contributed by atoms with E-state index < -0.39 is 23.5 Å². The summed E-state index contributed by atoms with van der Waals surface area (Å²) in [5.41, 5.74) is -0.628. The van der Waals surface area contributed by atoms with E-state index in [4.69, 9.17) is 4.74 Å². The fraction of sp³-hybridized carbons (Fsp3) is 0.750. The Labute approximate surface area is 102 Å². The van der Waals surface area contributed by atoms with Crippen LogP contribution in [-0.4, -0.2) is 29.8 Å². The van der Waals surface area contributed by atoms with E-state index in [2.05, 4.69) is 5.32 Å². The average Bonchev–Trinajstić information content (AvgIpc) is 2.11. The van der Waals surface area contributed by atoms with E-state index in [1.54, 1.807) is 20.8 Å². The minimum absolute atomic E-state index is 0.193. The number of nitrogens with one attached hydrogen (secondary N) is 1. The summed E-state index contributed by atoms with van der Waals surface area (Å²) in [6, 6.07) is -0.803. The molecule has 1 amide bonds. The number of ether oxygens (including phenoxy) is 1. The van der Waals surface area contributed by atoms with Gasteiger partial charge in [-0.25, -0.2) is 4.79 Å². The van der Waals surface area contributed by atoms with Gasteiger partial charge >= 0.3 is 6.09 Å². The van der Waals surface area contributed by atoms with E-state index in [0.29, 0.717) is 6.42 Å². The highest BCUT2D eigenvalue weighted by molar-refractivity contribution is 6.27. The molecular formula is C12H21NO4. The van der Waals surface area contributed by atoms with Crippen molar-refractivity contribution in [3.8, 4) is 0 Å². The Morgan fingerprint density at radius 3 is 2.18 bits per heavy atom. The lowest BCUT2D eigenvalue weighted by atomic mass is 10.0. The molecular weight excluding hydrogens is 222 g/mol. The molecule has 0 saturated heterocycles. The summed E-state index contributed by atoms with van der Waals surface area (Å²) in [4.78, 5) is 33.2. The Bertz CT molecular complexity index is 291. The molecule has 0 bridgehead atoms. The third kappa shape index (κ3) is 7.49. The average molecular weight is 243 g/mol. The fourth-order valence-corrected chi connectivity index (χ4v) is 1.25. The van der Waals surface area contributed by atoms with Crippen LogP contribution < -0.4 is 5.32 Å². The summed E-state index contributed by atoms with van der Waals surface area (Å²) in [5, 5.41) is 2.41. The predicted octanol–water partition coefficient (Wildman–Crippen LogP) is 1.69. The first-order valence-corrected chi connectivity index (χ1v) is 5.64. The number of Topliss-reactive ketones (excluding diaryl/α,β-unsaturated/α-hetero) is 1. The Kier molecular flexibility index (Phi) is 5.85. The standard InChI is InChI=1S/C12H21NO4/c1-8(2)6-9(10(15)7-14)13-11(16)17-12(3,4)5/h7-9H,6H2,1-5H3,(H,13,16)/t9-/m1/s1.